The second-order valence-corrected chi connectivity index (χ2v) is 3.85. The lowest BCUT2D eigenvalue weighted by Crippen LogP contribution is -2.22. The van der Waals surface area contributed by atoms with Crippen LogP contribution in [0.5, 0.6) is 5.75 Å². The number of aliphatic hydroxyl groups is 1. The Hall–Kier alpha value is -1.26. The first-order valence-electron chi connectivity index (χ1n) is 5.98. The van der Waals surface area contributed by atoms with Crippen LogP contribution in [0.15, 0.2) is 18.2 Å². The third-order valence-electron chi connectivity index (χ3n) is 2.93. The van der Waals surface area contributed by atoms with E-state index >= 15 is 0 Å². The quantitative estimate of drug-likeness (QED) is 0.789. The van der Waals surface area contributed by atoms with E-state index in [9.17, 15) is 5.11 Å². The number of ether oxygens (including phenoxy) is 1. The summed E-state index contributed by atoms with van der Waals surface area (Å²) in [6.45, 7) is 6.30. The summed E-state index contributed by atoms with van der Waals surface area (Å²) in [5.41, 5.74) is 7.30. The maximum atomic E-state index is 9.77. The molecule has 0 radical (unpaired) electrons. The molecular weight excluding hydrogens is 216 g/mol. The molecule has 3 N–H and O–H groups in total. The van der Waals surface area contributed by atoms with Gasteiger partial charge in [0, 0.05) is 37.0 Å². The number of nitrogens with two attached hydrogens (primary N) is 1. The second-order valence-electron chi connectivity index (χ2n) is 3.85. The number of aliphatic hydroxyl groups excluding tert-OH is 1. The highest BCUT2D eigenvalue weighted by Crippen LogP contribution is 2.29. The lowest BCUT2D eigenvalue weighted by molar-refractivity contribution is 0.182. The first kappa shape index (κ1) is 13.8. The van der Waals surface area contributed by atoms with Gasteiger partial charge in [-0.05, 0) is 19.9 Å². The molecule has 1 rings (SSSR count). The number of hydrogen-bond donors (Lipinski definition) is 2. The van der Waals surface area contributed by atoms with Gasteiger partial charge in [0.1, 0.15) is 5.75 Å². The molecule has 0 heterocycles. The highest BCUT2D eigenvalue weighted by atomic mass is 16.5. The smallest absolute Gasteiger partial charge is 0.126 e. The van der Waals surface area contributed by atoms with Crippen LogP contribution in [0.3, 0.4) is 0 Å². The van der Waals surface area contributed by atoms with Crippen LogP contribution in [0.25, 0.3) is 0 Å². The van der Waals surface area contributed by atoms with Crippen LogP contribution in [-0.4, -0.2) is 31.9 Å². The molecule has 0 aliphatic rings. The van der Waals surface area contributed by atoms with Gasteiger partial charge in [-0.25, -0.2) is 0 Å². The molecule has 0 saturated heterocycles. The minimum atomic E-state index is -0.671. The van der Waals surface area contributed by atoms with Crippen LogP contribution in [-0.2, 0) is 0 Å². The van der Waals surface area contributed by atoms with Gasteiger partial charge in [-0.1, -0.05) is 6.07 Å². The van der Waals surface area contributed by atoms with Crippen molar-refractivity contribution < 1.29 is 9.84 Å². The van der Waals surface area contributed by atoms with Crippen molar-refractivity contribution in [1.29, 1.82) is 0 Å². The lowest BCUT2D eigenvalue weighted by atomic mass is 10.1. The number of rotatable bonds is 6. The summed E-state index contributed by atoms with van der Waals surface area (Å²) in [7, 11) is 1.61. The summed E-state index contributed by atoms with van der Waals surface area (Å²) in [6.07, 6.45) is -0.671. The van der Waals surface area contributed by atoms with Crippen LogP contribution in [0, 0.1) is 0 Å². The van der Waals surface area contributed by atoms with Gasteiger partial charge in [0.2, 0.25) is 0 Å². The molecule has 0 spiro atoms. The van der Waals surface area contributed by atoms with Gasteiger partial charge < -0.3 is 20.5 Å². The van der Waals surface area contributed by atoms with E-state index in [0.29, 0.717) is 5.75 Å². The Morgan fingerprint density at radius 2 is 2.00 bits per heavy atom. The molecule has 0 fully saturated rings. The average Bonchev–Trinajstić information content (AvgIpc) is 2.39. The number of methoxy groups -OCH3 is 1. The van der Waals surface area contributed by atoms with E-state index < -0.39 is 6.10 Å². The first-order valence-corrected chi connectivity index (χ1v) is 5.98. The summed E-state index contributed by atoms with van der Waals surface area (Å²) in [5, 5.41) is 9.77. The molecule has 1 atom stereocenters. The van der Waals surface area contributed by atoms with Crippen molar-refractivity contribution in [2.24, 2.45) is 5.73 Å². The monoisotopic (exact) mass is 238 g/mol. The number of anilines is 1. The normalized spacial score (nSPS) is 12.3. The molecule has 0 amide bonds. The van der Waals surface area contributed by atoms with E-state index in [0.717, 1.165) is 24.3 Å². The molecule has 17 heavy (non-hydrogen) atoms. The van der Waals surface area contributed by atoms with E-state index in [2.05, 4.69) is 18.7 Å². The summed E-state index contributed by atoms with van der Waals surface area (Å²) in [5.74, 6) is 0.687. The summed E-state index contributed by atoms with van der Waals surface area (Å²) >= 11 is 0. The van der Waals surface area contributed by atoms with E-state index in [1.165, 1.54) is 0 Å². The van der Waals surface area contributed by atoms with Gasteiger partial charge in [0.05, 0.1) is 13.2 Å². The number of hydrogen-bond acceptors (Lipinski definition) is 4. The molecule has 0 bridgehead atoms. The van der Waals surface area contributed by atoms with E-state index in [1.54, 1.807) is 7.11 Å². The Morgan fingerprint density at radius 3 is 2.47 bits per heavy atom. The van der Waals surface area contributed by atoms with Crippen molar-refractivity contribution in [3.63, 3.8) is 0 Å². The van der Waals surface area contributed by atoms with Gasteiger partial charge in [0.15, 0.2) is 0 Å². The third-order valence-corrected chi connectivity index (χ3v) is 2.93. The van der Waals surface area contributed by atoms with Crippen molar-refractivity contribution >= 4 is 5.69 Å². The zero-order valence-electron chi connectivity index (χ0n) is 10.8. The molecule has 1 aromatic carbocycles. The number of nitrogens with zero attached hydrogens (tertiary/aromatic N) is 1. The molecule has 0 aliphatic carbocycles. The lowest BCUT2D eigenvalue weighted by Gasteiger charge is -2.23. The van der Waals surface area contributed by atoms with Crippen molar-refractivity contribution in [3.05, 3.63) is 23.8 Å². The van der Waals surface area contributed by atoms with Crippen molar-refractivity contribution in [3.8, 4) is 5.75 Å². The van der Waals surface area contributed by atoms with Crippen LogP contribution in [0.1, 0.15) is 25.5 Å². The fourth-order valence-electron chi connectivity index (χ4n) is 1.89. The summed E-state index contributed by atoms with van der Waals surface area (Å²) in [4.78, 5) is 2.22. The maximum absolute atomic E-state index is 9.77. The zero-order chi connectivity index (χ0) is 12.8. The highest BCUT2D eigenvalue weighted by molar-refractivity contribution is 5.54. The average molecular weight is 238 g/mol. The third kappa shape index (κ3) is 3.11. The van der Waals surface area contributed by atoms with E-state index in [-0.39, 0.29) is 6.54 Å². The van der Waals surface area contributed by atoms with Crippen LogP contribution in [0.4, 0.5) is 5.69 Å². The Labute approximate surface area is 103 Å². The molecular formula is C13H22N2O2. The Bertz CT molecular complexity index is 351. The van der Waals surface area contributed by atoms with Crippen LogP contribution >= 0.6 is 0 Å². The van der Waals surface area contributed by atoms with Gasteiger partial charge in [0.25, 0.3) is 0 Å². The maximum Gasteiger partial charge on any atom is 0.126 e. The largest absolute Gasteiger partial charge is 0.496 e. The van der Waals surface area contributed by atoms with Crippen LogP contribution in [0.2, 0.25) is 0 Å². The van der Waals surface area contributed by atoms with Crippen molar-refractivity contribution in [2.75, 3.05) is 31.6 Å². The molecule has 4 heteroatoms. The summed E-state index contributed by atoms with van der Waals surface area (Å²) in [6, 6.07) is 5.81. The van der Waals surface area contributed by atoms with Crippen LogP contribution < -0.4 is 15.4 Å². The molecule has 1 aromatic rings. The van der Waals surface area contributed by atoms with E-state index in [4.69, 9.17) is 10.5 Å². The fourth-order valence-corrected chi connectivity index (χ4v) is 1.89. The minimum absolute atomic E-state index is 0.195. The topological polar surface area (TPSA) is 58.7 Å². The Morgan fingerprint density at radius 1 is 1.35 bits per heavy atom. The predicted octanol–water partition coefficient (Wildman–Crippen LogP) is 1.53. The fraction of sp³-hybridized carbons (Fsp3) is 0.538. The zero-order valence-corrected chi connectivity index (χ0v) is 10.8. The van der Waals surface area contributed by atoms with Gasteiger partial charge in [-0.2, -0.15) is 0 Å². The summed E-state index contributed by atoms with van der Waals surface area (Å²) < 4.78 is 5.31. The van der Waals surface area contributed by atoms with E-state index in [1.807, 2.05) is 18.2 Å². The SMILES string of the molecule is CCN(CC)c1ccc([C@@H](O)CN)c(OC)c1. The molecule has 4 nitrogen and oxygen atoms in total. The molecule has 96 valence electrons. The van der Waals surface area contributed by atoms with Crippen molar-refractivity contribution in [1.82, 2.24) is 0 Å². The molecule has 0 unspecified atom stereocenters. The highest BCUT2D eigenvalue weighted by Gasteiger charge is 2.13. The van der Waals surface area contributed by atoms with Crippen molar-refractivity contribution in [2.45, 2.75) is 20.0 Å². The van der Waals surface area contributed by atoms with Gasteiger partial charge >= 0.3 is 0 Å². The molecule has 0 saturated carbocycles. The minimum Gasteiger partial charge on any atom is -0.496 e. The standard InChI is InChI=1S/C13H22N2O2/c1-4-15(5-2)10-6-7-11(12(16)9-14)13(8-10)17-3/h6-8,12,16H,4-5,9,14H2,1-3H3/t12-/m0/s1. The second kappa shape index (κ2) is 6.47. The Kier molecular flexibility index (Phi) is 5.25. The van der Waals surface area contributed by atoms with Gasteiger partial charge in [-0.3, -0.25) is 0 Å². The molecule has 0 aliphatic heterocycles. The number of benzene rings is 1. The Balaban J connectivity index is 3.07. The predicted molar refractivity (Wildman–Crippen MR) is 70.6 cm³/mol. The first-order chi connectivity index (χ1) is 8.17. The molecule has 0 aromatic heterocycles. The van der Waals surface area contributed by atoms with Gasteiger partial charge in [-0.15, -0.1) is 0 Å².